The zero-order chi connectivity index (χ0) is 42.5. The van der Waals surface area contributed by atoms with Crippen LogP contribution in [-0.4, -0.2) is 49.7 Å². The minimum atomic E-state index is -3.95. The molecule has 3 aromatic carbocycles. The average molecular weight is 867 g/mol. The summed E-state index contributed by atoms with van der Waals surface area (Å²) in [7, 11) is -2.58. The summed E-state index contributed by atoms with van der Waals surface area (Å²) >= 11 is 6.52. The SMILES string of the molecule is Cn1nc(NS(C)(=O)=O)c2c(Cl)ccc(-n3c([C@H](Cc4cc(F)cc(F)c4)NC(=O)Cn4nc(C(F)F)c5c4C(F)(F)[C@@H]4C[C@H]54)nc(-c4ccc(F)cc4F)cc3=O)c21. The molecule has 12 nitrogen and oxygen atoms in total. The second-order valence-corrected chi connectivity index (χ2v) is 16.4. The van der Waals surface area contributed by atoms with E-state index in [0.29, 0.717) is 16.8 Å². The fraction of sp³-hybridized carbons (Fsp3) is 0.270. The molecule has 2 N–H and O–H groups in total. The van der Waals surface area contributed by atoms with Crippen molar-refractivity contribution in [2.45, 2.75) is 43.7 Å². The maximum absolute atomic E-state index is 15.4. The quantitative estimate of drug-likeness (QED) is 0.136. The lowest BCUT2D eigenvalue weighted by molar-refractivity contribution is -0.123. The molecular weight excluding hydrogens is 840 g/mol. The third kappa shape index (κ3) is 7.19. The molecule has 59 heavy (non-hydrogen) atoms. The molecule has 0 saturated heterocycles. The van der Waals surface area contributed by atoms with E-state index in [1.807, 2.05) is 0 Å². The van der Waals surface area contributed by atoms with Gasteiger partial charge in [-0.15, -0.1) is 0 Å². The van der Waals surface area contributed by atoms with Gasteiger partial charge in [-0.1, -0.05) is 11.6 Å². The first kappa shape index (κ1) is 40.0. The first-order valence-corrected chi connectivity index (χ1v) is 19.7. The number of hydrogen-bond donors (Lipinski definition) is 2. The lowest BCUT2D eigenvalue weighted by Gasteiger charge is -2.24. The van der Waals surface area contributed by atoms with Gasteiger partial charge in [0.15, 0.2) is 5.82 Å². The Balaban J connectivity index is 1.33. The van der Waals surface area contributed by atoms with E-state index in [-0.39, 0.29) is 45.0 Å². The molecule has 308 valence electrons. The number of hydrogen-bond acceptors (Lipinski definition) is 7. The van der Waals surface area contributed by atoms with Gasteiger partial charge in [-0.25, -0.2) is 39.7 Å². The number of aryl methyl sites for hydroxylation is 1. The van der Waals surface area contributed by atoms with E-state index in [1.54, 1.807) is 0 Å². The molecule has 3 atom stereocenters. The van der Waals surface area contributed by atoms with Crippen LogP contribution in [0.5, 0.6) is 0 Å². The van der Waals surface area contributed by atoms with Gasteiger partial charge in [-0.3, -0.25) is 28.2 Å². The summed E-state index contributed by atoms with van der Waals surface area (Å²) in [6.07, 6.45) is -3.03. The summed E-state index contributed by atoms with van der Waals surface area (Å²) in [6.45, 7) is -1.07. The smallest absolute Gasteiger partial charge is 0.293 e. The van der Waals surface area contributed by atoms with Crippen LogP contribution in [0.4, 0.5) is 40.9 Å². The molecule has 0 aliphatic heterocycles. The summed E-state index contributed by atoms with van der Waals surface area (Å²) in [6, 6.07) is 6.46. The highest BCUT2D eigenvalue weighted by molar-refractivity contribution is 7.92. The van der Waals surface area contributed by atoms with Crippen LogP contribution in [0.25, 0.3) is 27.8 Å². The topological polar surface area (TPSA) is 146 Å². The summed E-state index contributed by atoms with van der Waals surface area (Å²) in [4.78, 5) is 32.8. The number of fused-ring (bicyclic) bond motifs is 4. The number of nitrogens with zero attached hydrogens (tertiary/aromatic N) is 6. The molecule has 2 aliphatic carbocycles. The van der Waals surface area contributed by atoms with E-state index in [9.17, 15) is 40.0 Å². The normalized spacial score (nSPS) is 17.3. The molecule has 22 heteroatoms. The van der Waals surface area contributed by atoms with Gasteiger partial charge in [0.2, 0.25) is 15.9 Å². The lowest BCUT2D eigenvalue weighted by Crippen LogP contribution is -2.38. The lowest BCUT2D eigenvalue weighted by atomic mass is 10.0. The van der Waals surface area contributed by atoms with Gasteiger partial charge in [0.1, 0.15) is 47.0 Å². The largest absolute Gasteiger partial charge is 0.344 e. The highest BCUT2D eigenvalue weighted by Gasteiger charge is 2.67. The zero-order valence-corrected chi connectivity index (χ0v) is 31.8. The minimum absolute atomic E-state index is 0.00354. The Hall–Kier alpha value is -5.83. The van der Waals surface area contributed by atoms with Crippen LogP contribution < -0.4 is 15.6 Å². The molecule has 3 heterocycles. The molecule has 8 rings (SSSR count). The molecular formula is C37H27ClF8N8O4S. The van der Waals surface area contributed by atoms with E-state index >= 15 is 13.2 Å². The number of alkyl halides is 4. The predicted octanol–water partition coefficient (Wildman–Crippen LogP) is 6.81. The van der Waals surface area contributed by atoms with E-state index in [0.717, 1.165) is 45.8 Å². The molecule has 0 bridgehead atoms. The van der Waals surface area contributed by atoms with Gasteiger partial charge >= 0.3 is 0 Å². The van der Waals surface area contributed by atoms with E-state index in [4.69, 9.17) is 11.6 Å². The number of nitrogens with one attached hydrogen (secondary N) is 2. The Kier molecular flexibility index (Phi) is 9.60. The van der Waals surface area contributed by atoms with Crippen LogP contribution in [0.15, 0.2) is 59.4 Å². The van der Waals surface area contributed by atoms with Crippen molar-refractivity contribution in [3.05, 3.63) is 122 Å². The number of halogens is 9. The Morgan fingerprint density at radius 3 is 2.37 bits per heavy atom. The average Bonchev–Trinajstić information content (AvgIpc) is 3.66. The molecule has 1 saturated carbocycles. The summed E-state index contributed by atoms with van der Waals surface area (Å²) < 4.78 is 147. The van der Waals surface area contributed by atoms with Gasteiger partial charge in [0.05, 0.1) is 39.6 Å². The first-order chi connectivity index (χ1) is 27.7. The molecule has 6 aromatic rings. The monoisotopic (exact) mass is 866 g/mol. The van der Waals surface area contributed by atoms with Gasteiger partial charge in [0.25, 0.3) is 17.9 Å². The minimum Gasteiger partial charge on any atom is -0.344 e. The van der Waals surface area contributed by atoms with Crippen LogP contribution >= 0.6 is 11.6 Å². The standard InChI is InChI=1S/C37H27ClF8N8O4S/c1-52-32-26(6-5-22(38)30(32)35(50-52)51-59(2,57)58)54-28(56)13-24(19-4-3-16(39)11-23(19)42)48-36(54)25(9-15-7-17(40)10-18(41)8-15)47-27(55)14-53-33-29(31(49-53)34(43)44)20-12-21(20)37(33,45)46/h3-8,10-11,13,20-21,25,34H,9,12,14H2,1-2H3,(H,47,55)(H,50,51)/t20-,21+,25-/m0/s1. The fourth-order valence-corrected chi connectivity index (χ4v) is 8.46. The van der Waals surface area contributed by atoms with Gasteiger partial charge in [0, 0.05) is 48.7 Å². The molecule has 1 fully saturated rings. The molecule has 0 spiro atoms. The molecule has 2 aliphatic rings. The van der Waals surface area contributed by atoms with Crippen molar-refractivity contribution in [3.63, 3.8) is 0 Å². The molecule has 0 unspecified atom stereocenters. The maximum atomic E-state index is 15.4. The summed E-state index contributed by atoms with van der Waals surface area (Å²) in [5, 5.41) is 10.3. The van der Waals surface area contributed by atoms with Crippen molar-refractivity contribution in [1.82, 2.24) is 34.4 Å². The highest BCUT2D eigenvalue weighted by Crippen LogP contribution is 2.68. The van der Waals surface area contributed by atoms with Gasteiger partial charge in [-0.2, -0.15) is 19.0 Å². The highest BCUT2D eigenvalue weighted by atomic mass is 35.5. The number of carbonyl (C=O) groups is 1. The Morgan fingerprint density at radius 1 is 1.00 bits per heavy atom. The van der Waals surface area contributed by atoms with Crippen LogP contribution in [0, 0.1) is 29.2 Å². The van der Waals surface area contributed by atoms with Crippen molar-refractivity contribution >= 4 is 44.3 Å². The van der Waals surface area contributed by atoms with Gasteiger partial charge in [-0.05, 0) is 54.3 Å². The maximum Gasteiger partial charge on any atom is 0.293 e. The number of benzene rings is 3. The molecule has 1 amide bonds. The van der Waals surface area contributed by atoms with Crippen LogP contribution in [0.2, 0.25) is 5.02 Å². The van der Waals surface area contributed by atoms with E-state index in [1.165, 1.54) is 19.2 Å². The number of anilines is 1. The fourth-order valence-electron chi connectivity index (χ4n) is 7.72. The number of carbonyl (C=O) groups excluding carboxylic acids is 1. The number of rotatable bonds is 11. The van der Waals surface area contributed by atoms with E-state index < -0.39 is 116 Å². The zero-order valence-electron chi connectivity index (χ0n) is 30.3. The second kappa shape index (κ2) is 14.2. The third-order valence-corrected chi connectivity index (χ3v) is 10.9. The van der Waals surface area contributed by atoms with E-state index in [2.05, 4.69) is 25.2 Å². The van der Waals surface area contributed by atoms with Crippen molar-refractivity contribution in [2.24, 2.45) is 13.0 Å². The number of aromatic nitrogens is 6. The second-order valence-electron chi connectivity index (χ2n) is 14.2. The van der Waals surface area contributed by atoms with Crippen molar-refractivity contribution < 1.29 is 48.3 Å². The predicted molar refractivity (Wildman–Crippen MR) is 196 cm³/mol. The third-order valence-electron chi connectivity index (χ3n) is 10.1. The molecule has 3 aromatic heterocycles. The molecule has 0 radical (unpaired) electrons. The Labute approximate surface area is 332 Å². The van der Waals surface area contributed by atoms with Crippen molar-refractivity contribution in [2.75, 3.05) is 11.0 Å². The number of amides is 1. The Morgan fingerprint density at radius 2 is 1.71 bits per heavy atom. The van der Waals surface area contributed by atoms with Crippen LogP contribution in [0.3, 0.4) is 0 Å². The van der Waals surface area contributed by atoms with Gasteiger partial charge < -0.3 is 5.32 Å². The summed E-state index contributed by atoms with van der Waals surface area (Å²) in [5.74, 6) is -11.8. The van der Waals surface area contributed by atoms with Crippen LogP contribution in [-0.2, 0) is 40.8 Å². The number of sulfonamides is 1. The van der Waals surface area contributed by atoms with Crippen molar-refractivity contribution in [3.8, 4) is 16.9 Å². The Bertz CT molecular complexity index is 2900. The first-order valence-electron chi connectivity index (χ1n) is 17.5. The van der Waals surface area contributed by atoms with Crippen molar-refractivity contribution in [1.29, 1.82) is 0 Å². The summed E-state index contributed by atoms with van der Waals surface area (Å²) in [5.41, 5.74) is -4.15. The van der Waals surface area contributed by atoms with Crippen LogP contribution in [0.1, 0.15) is 53.1 Å².